The van der Waals surface area contributed by atoms with Gasteiger partial charge in [-0.25, -0.2) is 9.78 Å². The van der Waals surface area contributed by atoms with Gasteiger partial charge >= 0.3 is 5.97 Å². The number of carboxylic acids is 1. The number of benzene rings is 1. The Kier molecular flexibility index (Phi) is 2.83. The Morgan fingerprint density at radius 1 is 1.25 bits per heavy atom. The highest BCUT2D eigenvalue weighted by Gasteiger charge is 2.26. The fraction of sp³-hybridized carbons (Fsp3) is 0.0714. The van der Waals surface area contributed by atoms with Gasteiger partial charge in [-0.1, -0.05) is 12.1 Å². The van der Waals surface area contributed by atoms with Gasteiger partial charge in [-0.2, -0.15) is 0 Å². The zero-order valence-electron chi connectivity index (χ0n) is 10.4. The summed E-state index contributed by atoms with van der Waals surface area (Å²) in [6.07, 6.45) is 1.51. The van der Waals surface area contributed by atoms with E-state index in [0.717, 1.165) is 5.69 Å². The van der Waals surface area contributed by atoms with Crippen molar-refractivity contribution < 1.29 is 14.7 Å². The van der Waals surface area contributed by atoms with Crippen LogP contribution in [0.1, 0.15) is 10.4 Å². The predicted octanol–water partition coefficient (Wildman–Crippen LogP) is 1.87. The summed E-state index contributed by atoms with van der Waals surface area (Å²) < 4.78 is 0. The van der Waals surface area contributed by atoms with Crippen LogP contribution in [0.2, 0.25) is 0 Å². The lowest BCUT2D eigenvalue weighted by atomic mass is 10.1. The van der Waals surface area contributed by atoms with Gasteiger partial charge in [0.25, 0.3) is 0 Å². The monoisotopic (exact) mass is 269 g/mol. The van der Waals surface area contributed by atoms with Gasteiger partial charge in [0.2, 0.25) is 5.91 Å². The smallest absolute Gasteiger partial charge is 0.339 e. The Balaban J connectivity index is 2.16. The molecule has 0 aliphatic carbocycles. The molecule has 0 unspecified atom stereocenters. The summed E-state index contributed by atoms with van der Waals surface area (Å²) in [6.45, 7) is 0.0360. The van der Waals surface area contributed by atoms with Gasteiger partial charge in [-0.15, -0.1) is 0 Å². The maximum Gasteiger partial charge on any atom is 0.339 e. The van der Waals surface area contributed by atoms with Crippen LogP contribution in [0.5, 0.6) is 0 Å². The number of fused-ring (bicyclic) bond motifs is 1. The molecule has 2 N–H and O–H groups in total. The van der Waals surface area contributed by atoms with Crippen molar-refractivity contribution in [1.82, 2.24) is 4.98 Å². The first-order valence-electron chi connectivity index (χ1n) is 6.01. The van der Waals surface area contributed by atoms with Crippen molar-refractivity contribution in [1.29, 1.82) is 0 Å². The van der Waals surface area contributed by atoms with Crippen molar-refractivity contribution in [2.45, 2.75) is 0 Å². The van der Waals surface area contributed by atoms with Crippen LogP contribution < -0.4 is 10.2 Å². The summed E-state index contributed by atoms with van der Waals surface area (Å²) in [5.74, 6) is -1.01. The number of amides is 1. The van der Waals surface area contributed by atoms with Crippen molar-refractivity contribution in [2.24, 2.45) is 0 Å². The number of nitrogens with one attached hydrogen (secondary N) is 1. The molecule has 1 aromatic carbocycles. The number of rotatable bonds is 2. The summed E-state index contributed by atoms with van der Waals surface area (Å²) in [7, 11) is 0. The third kappa shape index (κ3) is 1.97. The normalized spacial score (nSPS) is 13.6. The average molecular weight is 269 g/mol. The largest absolute Gasteiger partial charge is 0.478 e. The summed E-state index contributed by atoms with van der Waals surface area (Å²) in [4.78, 5) is 28.8. The molecule has 1 amide bonds. The number of hydrogen-bond acceptors (Lipinski definition) is 4. The molecule has 0 saturated carbocycles. The topological polar surface area (TPSA) is 82.5 Å². The maximum atomic E-state index is 11.8. The van der Waals surface area contributed by atoms with Gasteiger partial charge in [0.15, 0.2) is 0 Å². The molecule has 1 aliphatic heterocycles. The van der Waals surface area contributed by atoms with Gasteiger partial charge in [-0.3, -0.25) is 4.79 Å². The summed E-state index contributed by atoms with van der Waals surface area (Å²) >= 11 is 0. The van der Waals surface area contributed by atoms with Gasteiger partial charge in [0.1, 0.15) is 17.9 Å². The minimum absolute atomic E-state index is 0.0360. The highest BCUT2D eigenvalue weighted by molar-refractivity contribution is 6.05. The standard InChI is InChI=1S/C14H11N3O3/c18-12-8-17(11-6-2-1-5-10(11)16-12)13-9(14(19)20)4-3-7-15-13/h1-7H,8H2,(H,16,18)(H,19,20). The van der Waals surface area contributed by atoms with Crippen LogP contribution >= 0.6 is 0 Å². The number of hydrogen-bond donors (Lipinski definition) is 2. The number of aromatic nitrogens is 1. The second-order valence-corrected chi connectivity index (χ2v) is 4.33. The summed E-state index contributed by atoms with van der Waals surface area (Å²) in [5.41, 5.74) is 1.44. The van der Waals surface area contributed by atoms with E-state index in [1.807, 2.05) is 12.1 Å². The Morgan fingerprint density at radius 3 is 2.85 bits per heavy atom. The van der Waals surface area contributed by atoms with E-state index < -0.39 is 5.97 Å². The molecule has 2 heterocycles. The first-order valence-corrected chi connectivity index (χ1v) is 6.01. The molecule has 0 fully saturated rings. The zero-order chi connectivity index (χ0) is 14.1. The summed E-state index contributed by atoms with van der Waals surface area (Å²) in [6, 6.07) is 10.2. The average Bonchev–Trinajstić information content (AvgIpc) is 2.46. The Labute approximate surface area is 114 Å². The lowest BCUT2D eigenvalue weighted by Crippen LogP contribution is -2.36. The molecule has 3 rings (SSSR count). The second kappa shape index (κ2) is 4.65. The van der Waals surface area contributed by atoms with Crippen molar-refractivity contribution in [2.75, 3.05) is 16.8 Å². The quantitative estimate of drug-likeness (QED) is 0.869. The molecule has 0 saturated heterocycles. The molecule has 100 valence electrons. The molecule has 6 heteroatoms. The maximum absolute atomic E-state index is 11.8. The summed E-state index contributed by atoms with van der Waals surface area (Å²) in [5, 5.41) is 12.0. The van der Waals surface area contributed by atoms with E-state index in [2.05, 4.69) is 10.3 Å². The molecular weight excluding hydrogens is 258 g/mol. The number of para-hydroxylation sites is 2. The van der Waals surface area contributed by atoms with E-state index >= 15 is 0 Å². The number of carbonyl (C=O) groups excluding carboxylic acids is 1. The van der Waals surface area contributed by atoms with Gasteiger partial charge in [0, 0.05) is 6.20 Å². The third-order valence-electron chi connectivity index (χ3n) is 3.04. The Morgan fingerprint density at radius 2 is 2.05 bits per heavy atom. The van der Waals surface area contributed by atoms with Crippen molar-refractivity contribution in [3.05, 3.63) is 48.2 Å². The minimum Gasteiger partial charge on any atom is -0.478 e. The van der Waals surface area contributed by atoms with E-state index in [1.165, 1.54) is 12.3 Å². The fourth-order valence-corrected chi connectivity index (χ4v) is 2.20. The number of anilines is 3. The molecule has 0 atom stereocenters. The molecule has 1 aliphatic rings. The van der Waals surface area contributed by atoms with Crippen molar-refractivity contribution in [3.63, 3.8) is 0 Å². The van der Waals surface area contributed by atoms with E-state index in [9.17, 15) is 14.7 Å². The number of pyridine rings is 1. The number of aromatic carboxylic acids is 1. The molecule has 6 nitrogen and oxygen atoms in total. The molecule has 0 spiro atoms. The molecule has 0 bridgehead atoms. The SMILES string of the molecule is O=C1CN(c2ncccc2C(=O)O)c2ccccc2N1. The second-order valence-electron chi connectivity index (χ2n) is 4.33. The van der Waals surface area contributed by atoms with Gasteiger partial charge < -0.3 is 15.3 Å². The van der Waals surface area contributed by atoms with Crippen LogP contribution in [0.25, 0.3) is 0 Å². The number of carbonyl (C=O) groups is 2. The van der Waals surface area contributed by atoms with Crippen molar-refractivity contribution >= 4 is 29.1 Å². The van der Waals surface area contributed by atoms with E-state index in [1.54, 1.807) is 23.1 Å². The third-order valence-corrected chi connectivity index (χ3v) is 3.04. The van der Waals surface area contributed by atoms with Gasteiger partial charge in [0.05, 0.1) is 11.4 Å². The van der Waals surface area contributed by atoms with Crippen LogP contribution in [0.3, 0.4) is 0 Å². The predicted molar refractivity (Wildman–Crippen MR) is 73.3 cm³/mol. The first-order chi connectivity index (χ1) is 9.66. The van der Waals surface area contributed by atoms with E-state index in [-0.39, 0.29) is 23.8 Å². The van der Waals surface area contributed by atoms with E-state index in [0.29, 0.717) is 5.69 Å². The minimum atomic E-state index is -1.07. The van der Waals surface area contributed by atoms with Crippen LogP contribution in [-0.2, 0) is 4.79 Å². The molecule has 2 aromatic rings. The number of carboxylic acid groups (broad SMARTS) is 1. The molecular formula is C14H11N3O3. The Bertz CT molecular complexity index is 700. The zero-order valence-corrected chi connectivity index (χ0v) is 10.4. The van der Waals surface area contributed by atoms with Crippen molar-refractivity contribution in [3.8, 4) is 0 Å². The molecule has 1 aromatic heterocycles. The highest BCUT2D eigenvalue weighted by Crippen LogP contribution is 2.35. The lowest BCUT2D eigenvalue weighted by Gasteiger charge is -2.30. The van der Waals surface area contributed by atoms with Crippen LogP contribution in [0, 0.1) is 0 Å². The molecule has 0 radical (unpaired) electrons. The van der Waals surface area contributed by atoms with Crippen LogP contribution in [-0.4, -0.2) is 28.5 Å². The number of nitrogens with zero attached hydrogens (tertiary/aromatic N) is 2. The first kappa shape index (κ1) is 12.2. The molecule has 20 heavy (non-hydrogen) atoms. The van der Waals surface area contributed by atoms with E-state index in [4.69, 9.17) is 0 Å². The fourth-order valence-electron chi connectivity index (χ4n) is 2.20. The van der Waals surface area contributed by atoms with Crippen LogP contribution in [0.15, 0.2) is 42.6 Å². The van der Waals surface area contributed by atoms with Crippen LogP contribution in [0.4, 0.5) is 17.2 Å². The highest BCUT2D eigenvalue weighted by atomic mass is 16.4. The Hall–Kier alpha value is -2.89. The van der Waals surface area contributed by atoms with Gasteiger partial charge in [-0.05, 0) is 24.3 Å². The lowest BCUT2D eigenvalue weighted by molar-refractivity contribution is -0.115.